The van der Waals surface area contributed by atoms with Crippen LogP contribution in [0.4, 0.5) is 0 Å². The minimum Gasteiger partial charge on any atom is -0.490 e. The summed E-state index contributed by atoms with van der Waals surface area (Å²) in [7, 11) is 0. The van der Waals surface area contributed by atoms with Crippen molar-refractivity contribution in [2.75, 3.05) is 39.5 Å². The Morgan fingerprint density at radius 2 is 1.95 bits per heavy atom. The average Bonchev–Trinajstić information content (AvgIpc) is 3.11. The molecule has 0 bridgehead atoms. The highest BCUT2D eigenvalue weighted by Crippen LogP contribution is 2.31. The molecule has 37 heavy (non-hydrogen) atoms. The van der Waals surface area contributed by atoms with Gasteiger partial charge in [0.1, 0.15) is 6.10 Å². The molecule has 9 heteroatoms. The lowest BCUT2D eigenvalue weighted by atomic mass is 10.1. The van der Waals surface area contributed by atoms with E-state index in [0.717, 1.165) is 52.6 Å². The van der Waals surface area contributed by atoms with Crippen molar-refractivity contribution in [1.82, 2.24) is 24.4 Å². The van der Waals surface area contributed by atoms with E-state index in [1.165, 1.54) is 0 Å². The van der Waals surface area contributed by atoms with Gasteiger partial charge in [-0.2, -0.15) is 5.10 Å². The molecule has 9 nitrogen and oxygen atoms in total. The Hall–Kier alpha value is -3.17. The fourth-order valence-electron chi connectivity index (χ4n) is 5.07. The topological polar surface area (TPSA) is 81.4 Å². The van der Waals surface area contributed by atoms with Gasteiger partial charge in [0.2, 0.25) is 0 Å². The van der Waals surface area contributed by atoms with Gasteiger partial charge in [-0.1, -0.05) is 19.9 Å². The molecule has 1 fully saturated rings. The van der Waals surface area contributed by atoms with Crippen LogP contribution in [0.2, 0.25) is 0 Å². The fourth-order valence-corrected chi connectivity index (χ4v) is 5.07. The summed E-state index contributed by atoms with van der Waals surface area (Å²) in [5.74, 6) is 1.87. The highest BCUT2D eigenvalue weighted by molar-refractivity contribution is 5.81. The average molecular weight is 508 g/mol. The van der Waals surface area contributed by atoms with E-state index in [2.05, 4.69) is 23.8 Å². The number of hydrogen-bond acceptors (Lipinski definition) is 7. The normalized spacial score (nSPS) is 18.2. The van der Waals surface area contributed by atoms with Crippen molar-refractivity contribution in [2.24, 2.45) is 5.92 Å². The number of nitrogens with zero attached hydrogens (tertiary/aromatic N) is 5. The Kier molecular flexibility index (Phi) is 7.62. The van der Waals surface area contributed by atoms with Gasteiger partial charge in [0, 0.05) is 56.1 Å². The second kappa shape index (κ2) is 11.1. The summed E-state index contributed by atoms with van der Waals surface area (Å²) >= 11 is 0. The first-order valence-corrected chi connectivity index (χ1v) is 13.2. The van der Waals surface area contributed by atoms with Crippen LogP contribution in [0.15, 0.2) is 30.5 Å². The van der Waals surface area contributed by atoms with Crippen molar-refractivity contribution >= 4 is 11.6 Å². The second-order valence-electron chi connectivity index (χ2n) is 10.5. The number of carbonyl (C=O) groups is 1. The first-order valence-electron chi connectivity index (χ1n) is 13.2. The molecule has 1 atom stereocenters. The van der Waals surface area contributed by atoms with Gasteiger partial charge in [-0.05, 0) is 43.5 Å². The number of hydrogen-bond donors (Lipinski definition) is 0. The van der Waals surface area contributed by atoms with Gasteiger partial charge in [0.15, 0.2) is 17.1 Å². The summed E-state index contributed by atoms with van der Waals surface area (Å²) in [6, 6.07) is 7.99. The quantitative estimate of drug-likeness (QED) is 0.485. The van der Waals surface area contributed by atoms with E-state index < -0.39 is 6.10 Å². The third kappa shape index (κ3) is 5.88. The van der Waals surface area contributed by atoms with Crippen LogP contribution in [-0.4, -0.2) is 75.9 Å². The Bertz CT molecular complexity index is 1260. The molecular weight excluding hydrogens is 470 g/mol. The van der Waals surface area contributed by atoms with E-state index in [9.17, 15) is 4.79 Å². The number of carbonyl (C=O) groups excluding carboxylic acids is 1. The third-order valence-electron chi connectivity index (χ3n) is 6.75. The van der Waals surface area contributed by atoms with Gasteiger partial charge in [-0.3, -0.25) is 9.69 Å². The molecule has 3 aromatic rings. The van der Waals surface area contributed by atoms with E-state index in [0.29, 0.717) is 51.9 Å². The maximum absolute atomic E-state index is 13.7. The molecule has 2 aliphatic heterocycles. The molecule has 1 amide bonds. The highest BCUT2D eigenvalue weighted by Gasteiger charge is 2.31. The maximum atomic E-state index is 13.7. The Morgan fingerprint density at radius 3 is 2.76 bits per heavy atom. The van der Waals surface area contributed by atoms with E-state index in [-0.39, 0.29) is 5.91 Å². The summed E-state index contributed by atoms with van der Waals surface area (Å²) in [6.45, 7) is 13.2. The van der Waals surface area contributed by atoms with Crippen LogP contribution < -0.4 is 9.47 Å². The molecule has 0 saturated carbocycles. The molecule has 4 heterocycles. The highest BCUT2D eigenvalue weighted by atomic mass is 16.5. The zero-order valence-electron chi connectivity index (χ0n) is 22.3. The predicted octanol–water partition coefficient (Wildman–Crippen LogP) is 3.39. The molecule has 1 saturated heterocycles. The number of aryl methyl sites for hydroxylation is 2. The van der Waals surface area contributed by atoms with Crippen LogP contribution >= 0.6 is 0 Å². The van der Waals surface area contributed by atoms with Crippen LogP contribution in [-0.2, 0) is 22.6 Å². The zero-order valence-corrected chi connectivity index (χ0v) is 22.3. The molecule has 5 rings (SSSR count). The van der Waals surface area contributed by atoms with Crippen molar-refractivity contribution in [3.63, 3.8) is 0 Å². The predicted molar refractivity (Wildman–Crippen MR) is 140 cm³/mol. The minimum atomic E-state index is -0.508. The van der Waals surface area contributed by atoms with E-state index in [1.54, 1.807) is 0 Å². The second-order valence-corrected chi connectivity index (χ2v) is 10.5. The molecule has 1 unspecified atom stereocenters. The maximum Gasteiger partial charge on any atom is 0.253 e. The Balaban J connectivity index is 1.29. The number of benzene rings is 1. The molecule has 0 radical (unpaired) electrons. The number of amides is 1. The molecule has 0 N–H and O–H groups in total. The SMILES string of the molecule is Cc1cc(C)n2ncc(CN3CCOC(C(=O)N(Cc4ccc5c(c4)OCCCO5)CC(C)C)C3)c2n1. The number of aromatic nitrogens is 3. The van der Waals surface area contributed by atoms with Crippen molar-refractivity contribution < 1.29 is 19.0 Å². The Morgan fingerprint density at radius 1 is 1.14 bits per heavy atom. The Labute approximate surface area is 218 Å². The molecule has 2 aliphatic rings. The summed E-state index contributed by atoms with van der Waals surface area (Å²) in [6.07, 6.45) is 2.24. The molecule has 1 aromatic carbocycles. The van der Waals surface area contributed by atoms with Crippen LogP contribution in [0, 0.1) is 19.8 Å². The largest absolute Gasteiger partial charge is 0.490 e. The van der Waals surface area contributed by atoms with Crippen molar-refractivity contribution in [1.29, 1.82) is 0 Å². The summed E-state index contributed by atoms with van der Waals surface area (Å²) in [5, 5.41) is 4.53. The van der Waals surface area contributed by atoms with Crippen molar-refractivity contribution in [3.05, 3.63) is 53.0 Å². The summed E-state index contributed by atoms with van der Waals surface area (Å²) in [5.41, 5.74) is 4.99. The number of rotatable bonds is 7. The molecule has 2 aromatic heterocycles. The van der Waals surface area contributed by atoms with Crippen molar-refractivity contribution in [3.8, 4) is 11.5 Å². The minimum absolute atomic E-state index is 0.0233. The summed E-state index contributed by atoms with van der Waals surface area (Å²) < 4.78 is 19.5. The first-order chi connectivity index (χ1) is 17.9. The smallest absolute Gasteiger partial charge is 0.253 e. The third-order valence-corrected chi connectivity index (χ3v) is 6.75. The standard InChI is InChI=1S/C28H37N5O4/c1-19(2)15-32(16-22-6-7-24-25(13-22)36-10-5-9-35-24)28(34)26-18-31(8-11-37-26)17-23-14-29-33-21(4)12-20(3)30-27(23)33/h6-7,12-14,19,26H,5,8-11,15-18H2,1-4H3. The molecule has 198 valence electrons. The van der Waals surface area contributed by atoms with Gasteiger partial charge < -0.3 is 19.1 Å². The lowest BCUT2D eigenvalue weighted by Crippen LogP contribution is -2.51. The van der Waals surface area contributed by atoms with Gasteiger partial charge in [-0.15, -0.1) is 0 Å². The first kappa shape index (κ1) is 25.5. The number of ether oxygens (including phenoxy) is 3. The van der Waals surface area contributed by atoms with Gasteiger partial charge in [-0.25, -0.2) is 9.50 Å². The van der Waals surface area contributed by atoms with Gasteiger partial charge in [0.25, 0.3) is 5.91 Å². The monoisotopic (exact) mass is 507 g/mol. The van der Waals surface area contributed by atoms with Crippen LogP contribution in [0.3, 0.4) is 0 Å². The molecule has 0 aliphatic carbocycles. The summed E-state index contributed by atoms with van der Waals surface area (Å²) in [4.78, 5) is 22.6. The van der Waals surface area contributed by atoms with Crippen LogP contribution in [0.5, 0.6) is 11.5 Å². The molecular formula is C28H37N5O4. The zero-order chi connectivity index (χ0) is 25.9. The lowest BCUT2D eigenvalue weighted by molar-refractivity contribution is -0.151. The molecule has 0 spiro atoms. The van der Waals surface area contributed by atoms with E-state index in [1.807, 2.05) is 53.7 Å². The van der Waals surface area contributed by atoms with E-state index in [4.69, 9.17) is 19.2 Å². The van der Waals surface area contributed by atoms with Crippen LogP contribution in [0.25, 0.3) is 5.65 Å². The fraction of sp³-hybridized carbons (Fsp3) is 0.536. The van der Waals surface area contributed by atoms with E-state index >= 15 is 0 Å². The van der Waals surface area contributed by atoms with Gasteiger partial charge >= 0.3 is 0 Å². The van der Waals surface area contributed by atoms with Gasteiger partial charge in [0.05, 0.1) is 26.0 Å². The number of fused-ring (bicyclic) bond motifs is 2. The lowest BCUT2D eigenvalue weighted by Gasteiger charge is -2.35. The van der Waals surface area contributed by atoms with Crippen LogP contribution in [0.1, 0.15) is 42.8 Å². The number of morpholine rings is 1. The van der Waals surface area contributed by atoms with Crippen molar-refractivity contribution in [2.45, 2.75) is 53.3 Å².